The third-order valence-electron chi connectivity index (χ3n) is 4.28. The zero-order chi connectivity index (χ0) is 16.2. The van der Waals surface area contributed by atoms with E-state index in [-0.39, 0.29) is 0 Å². The van der Waals surface area contributed by atoms with Crippen LogP contribution in [0.25, 0.3) is 0 Å². The van der Waals surface area contributed by atoms with E-state index in [0.29, 0.717) is 30.3 Å². The Balaban J connectivity index is 1.45. The summed E-state index contributed by atoms with van der Waals surface area (Å²) in [6, 6.07) is 0.467. The van der Waals surface area contributed by atoms with Crippen molar-refractivity contribution in [2.45, 2.75) is 57.5 Å². The first-order valence-electron chi connectivity index (χ1n) is 8.21. The SMILES string of the molecule is CCc1noc(C2CCC(NCc3nc(N(C)C)no3)CC2)n1. The Kier molecular flexibility index (Phi) is 4.90. The average molecular weight is 320 g/mol. The van der Waals surface area contributed by atoms with E-state index in [0.717, 1.165) is 43.8 Å². The molecule has 0 amide bonds. The summed E-state index contributed by atoms with van der Waals surface area (Å²) in [5.41, 5.74) is 0. The van der Waals surface area contributed by atoms with E-state index in [1.54, 1.807) is 0 Å². The summed E-state index contributed by atoms with van der Waals surface area (Å²) in [6.45, 7) is 2.64. The van der Waals surface area contributed by atoms with E-state index >= 15 is 0 Å². The minimum atomic E-state index is 0.393. The lowest BCUT2D eigenvalue weighted by molar-refractivity contribution is 0.273. The van der Waals surface area contributed by atoms with Gasteiger partial charge in [-0.1, -0.05) is 12.1 Å². The summed E-state index contributed by atoms with van der Waals surface area (Å²) >= 11 is 0. The fourth-order valence-corrected chi connectivity index (χ4v) is 2.85. The van der Waals surface area contributed by atoms with Gasteiger partial charge in [0.2, 0.25) is 11.8 Å². The normalized spacial score (nSPS) is 21.5. The van der Waals surface area contributed by atoms with Gasteiger partial charge in [-0.2, -0.15) is 9.97 Å². The molecular formula is C15H24N6O2. The van der Waals surface area contributed by atoms with Crippen LogP contribution in [0, 0.1) is 0 Å². The first kappa shape index (κ1) is 15.9. The first-order valence-corrected chi connectivity index (χ1v) is 8.21. The monoisotopic (exact) mass is 320 g/mol. The number of nitrogens with zero attached hydrogens (tertiary/aromatic N) is 5. The van der Waals surface area contributed by atoms with E-state index in [1.165, 1.54) is 0 Å². The van der Waals surface area contributed by atoms with Crippen molar-refractivity contribution in [1.82, 2.24) is 25.6 Å². The van der Waals surface area contributed by atoms with Crippen molar-refractivity contribution in [2.75, 3.05) is 19.0 Å². The van der Waals surface area contributed by atoms with Crippen LogP contribution in [0.3, 0.4) is 0 Å². The smallest absolute Gasteiger partial charge is 0.265 e. The molecule has 0 spiro atoms. The summed E-state index contributed by atoms with van der Waals surface area (Å²) in [6.07, 6.45) is 5.12. The first-order chi connectivity index (χ1) is 11.2. The molecule has 0 unspecified atom stereocenters. The maximum absolute atomic E-state index is 5.37. The van der Waals surface area contributed by atoms with Crippen LogP contribution in [0.1, 0.15) is 56.1 Å². The molecule has 23 heavy (non-hydrogen) atoms. The Morgan fingerprint density at radius 1 is 1.09 bits per heavy atom. The van der Waals surface area contributed by atoms with Crippen molar-refractivity contribution >= 4 is 5.95 Å². The number of hydrogen-bond acceptors (Lipinski definition) is 8. The van der Waals surface area contributed by atoms with Crippen molar-refractivity contribution < 1.29 is 9.05 Å². The lowest BCUT2D eigenvalue weighted by Crippen LogP contribution is -2.32. The van der Waals surface area contributed by atoms with Gasteiger partial charge in [0, 0.05) is 32.5 Å². The Bertz CT molecular complexity index is 615. The Morgan fingerprint density at radius 3 is 2.48 bits per heavy atom. The summed E-state index contributed by atoms with van der Waals surface area (Å²) in [5.74, 6) is 3.22. The Hall–Kier alpha value is -1.96. The minimum Gasteiger partial charge on any atom is -0.344 e. The van der Waals surface area contributed by atoms with Crippen LogP contribution >= 0.6 is 0 Å². The summed E-state index contributed by atoms with van der Waals surface area (Å²) in [7, 11) is 3.79. The van der Waals surface area contributed by atoms with Gasteiger partial charge >= 0.3 is 0 Å². The maximum Gasteiger partial charge on any atom is 0.265 e. The second kappa shape index (κ2) is 7.08. The van der Waals surface area contributed by atoms with Gasteiger partial charge in [-0.25, -0.2) is 0 Å². The van der Waals surface area contributed by atoms with Crippen molar-refractivity contribution in [2.24, 2.45) is 0 Å². The lowest BCUT2D eigenvalue weighted by Gasteiger charge is -2.26. The summed E-state index contributed by atoms with van der Waals surface area (Å²) < 4.78 is 10.6. The molecule has 0 saturated heterocycles. The van der Waals surface area contributed by atoms with Crippen LogP contribution in [-0.2, 0) is 13.0 Å². The highest BCUT2D eigenvalue weighted by Crippen LogP contribution is 2.32. The molecule has 0 aliphatic heterocycles. The molecule has 1 aliphatic carbocycles. The zero-order valence-electron chi connectivity index (χ0n) is 13.9. The van der Waals surface area contributed by atoms with Crippen LogP contribution in [0.4, 0.5) is 5.95 Å². The van der Waals surface area contributed by atoms with Gasteiger partial charge in [0.15, 0.2) is 5.82 Å². The number of hydrogen-bond donors (Lipinski definition) is 1. The van der Waals surface area contributed by atoms with Crippen molar-refractivity contribution in [3.05, 3.63) is 17.6 Å². The highest BCUT2D eigenvalue weighted by molar-refractivity contribution is 5.23. The third-order valence-corrected chi connectivity index (χ3v) is 4.28. The number of nitrogens with one attached hydrogen (secondary N) is 1. The Morgan fingerprint density at radius 2 is 1.87 bits per heavy atom. The van der Waals surface area contributed by atoms with Gasteiger partial charge in [-0.15, -0.1) is 0 Å². The van der Waals surface area contributed by atoms with E-state index in [2.05, 4.69) is 25.6 Å². The van der Waals surface area contributed by atoms with Crippen LogP contribution in [0.15, 0.2) is 9.05 Å². The largest absolute Gasteiger partial charge is 0.344 e. The highest BCUT2D eigenvalue weighted by Gasteiger charge is 2.26. The van der Waals surface area contributed by atoms with E-state index in [1.807, 2.05) is 25.9 Å². The van der Waals surface area contributed by atoms with Gasteiger partial charge < -0.3 is 19.3 Å². The fourth-order valence-electron chi connectivity index (χ4n) is 2.85. The zero-order valence-corrected chi connectivity index (χ0v) is 13.9. The maximum atomic E-state index is 5.37. The van der Waals surface area contributed by atoms with Crippen LogP contribution in [0.5, 0.6) is 0 Å². The second-order valence-corrected chi connectivity index (χ2v) is 6.21. The lowest BCUT2D eigenvalue weighted by atomic mass is 9.86. The average Bonchev–Trinajstić information content (AvgIpc) is 3.23. The molecule has 0 aromatic carbocycles. The van der Waals surface area contributed by atoms with Crippen LogP contribution in [0.2, 0.25) is 0 Å². The van der Waals surface area contributed by atoms with Gasteiger partial charge in [0.05, 0.1) is 6.54 Å². The van der Waals surface area contributed by atoms with Crippen LogP contribution < -0.4 is 10.2 Å². The Labute approximate surface area is 135 Å². The molecule has 2 aromatic rings. The standard InChI is InChI=1S/C15H24N6O2/c1-4-12-17-14(23-19-12)10-5-7-11(8-6-10)16-9-13-18-15(20-22-13)21(2)3/h10-11,16H,4-9H2,1-3H3. The molecule has 8 heteroatoms. The quantitative estimate of drug-likeness (QED) is 0.862. The van der Waals surface area contributed by atoms with Gasteiger partial charge in [-0.05, 0) is 30.8 Å². The van der Waals surface area contributed by atoms with Crippen LogP contribution in [-0.4, -0.2) is 40.4 Å². The third kappa shape index (κ3) is 3.87. The van der Waals surface area contributed by atoms with E-state index in [4.69, 9.17) is 9.05 Å². The van der Waals surface area contributed by atoms with Gasteiger partial charge in [0.1, 0.15) is 0 Å². The highest BCUT2D eigenvalue weighted by atomic mass is 16.5. The molecule has 1 saturated carbocycles. The molecule has 8 nitrogen and oxygen atoms in total. The van der Waals surface area contributed by atoms with E-state index in [9.17, 15) is 0 Å². The topological polar surface area (TPSA) is 93.1 Å². The van der Waals surface area contributed by atoms with Crippen molar-refractivity contribution in [3.8, 4) is 0 Å². The van der Waals surface area contributed by atoms with Crippen molar-refractivity contribution in [3.63, 3.8) is 0 Å². The number of aryl methyl sites for hydroxylation is 1. The molecule has 2 aromatic heterocycles. The molecule has 2 heterocycles. The summed E-state index contributed by atoms with van der Waals surface area (Å²) in [5, 5.41) is 11.4. The molecule has 1 fully saturated rings. The number of aromatic nitrogens is 4. The molecular weight excluding hydrogens is 296 g/mol. The van der Waals surface area contributed by atoms with Crippen molar-refractivity contribution in [1.29, 1.82) is 0 Å². The predicted octanol–water partition coefficient (Wildman–Crippen LogP) is 1.90. The molecule has 1 aliphatic rings. The second-order valence-electron chi connectivity index (χ2n) is 6.21. The number of rotatable bonds is 6. The molecule has 126 valence electrons. The predicted molar refractivity (Wildman–Crippen MR) is 84.1 cm³/mol. The molecule has 0 bridgehead atoms. The summed E-state index contributed by atoms with van der Waals surface area (Å²) in [4.78, 5) is 10.6. The van der Waals surface area contributed by atoms with E-state index < -0.39 is 0 Å². The minimum absolute atomic E-state index is 0.393. The molecule has 0 radical (unpaired) electrons. The molecule has 3 rings (SSSR count). The van der Waals surface area contributed by atoms with Gasteiger partial charge in [-0.3, -0.25) is 0 Å². The molecule has 0 atom stereocenters. The molecule has 1 N–H and O–H groups in total. The number of anilines is 1. The van der Waals surface area contributed by atoms with Gasteiger partial charge in [0.25, 0.3) is 5.95 Å². The fraction of sp³-hybridized carbons (Fsp3) is 0.733.